The molecule has 0 saturated carbocycles. The first-order valence-electron chi connectivity index (χ1n) is 6.23. The van der Waals surface area contributed by atoms with Gasteiger partial charge < -0.3 is 40.5 Å². The second-order valence-electron chi connectivity index (χ2n) is 4.62. The highest BCUT2D eigenvalue weighted by molar-refractivity contribution is 5.27. The number of ether oxygens (including phenoxy) is 2. The molecule has 1 aromatic rings. The highest BCUT2D eigenvalue weighted by Gasteiger charge is 2.44. The molecule has 0 bridgehead atoms. The maximum absolute atomic E-state index is 9.80. The Kier molecular flexibility index (Phi) is 6.49. The normalized spacial score (nSPS) is 32.3. The lowest BCUT2D eigenvalue weighted by Gasteiger charge is -2.39. The average Bonchev–Trinajstić information content (AvgIpc) is 2.48. The van der Waals surface area contributed by atoms with Crippen molar-refractivity contribution < 1.29 is 40.5 Å². The Labute approximate surface area is 121 Å². The Balaban J connectivity index is 0.00000220. The van der Waals surface area contributed by atoms with Gasteiger partial charge in [-0.05, 0) is 17.7 Å². The summed E-state index contributed by atoms with van der Waals surface area (Å²) in [6.07, 6.45) is -6.53. The van der Waals surface area contributed by atoms with Gasteiger partial charge in [-0.2, -0.15) is 0 Å². The van der Waals surface area contributed by atoms with E-state index in [9.17, 15) is 15.3 Å². The van der Waals surface area contributed by atoms with Crippen molar-refractivity contribution in [1.82, 2.24) is 0 Å². The van der Waals surface area contributed by atoms with E-state index in [1.165, 1.54) is 0 Å². The first-order chi connectivity index (χ1) is 9.56. The summed E-state index contributed by atoms with van der Waals surface area (Å²) < 4.78 is 10.6. The predicted octanol–water partition coefficient (Wildman–Crippen LogP) is -2.47. The number of benzene rings is 1. The van der Waals surface area contributed by atoms with Crippen LogP contribution in [0.25, 0.3) is 0 Å². The minimum Gasteiger partial charge on any atom is -0.462 e. The van der Waals surface area contributed by atoms with Crippen LogP contribution < -0.4 is 4.74 Å². The number of rotatable bonds is 4. The molecular formula is C13H20O8. The van der Waals surface area contributed by atoms with Crippen LogP contribution in [0.15, 0.2) is 24.3 Å². The third-order valence-corrected chi connectivity index (χ3v) is 3.21. The fourth-order valence-electron chi connectivity index (χ4n) is 1.97. The van der Waals surface area contributed by atoms with Gasteiger partial charge in [-0.15, -0.1) is 0 Å². The molecule has 1 heterocycles. The molecule has 0 aromatic heterocycles. The Hall–Kier alpha value is -1.26. The minimum atomic E-state index is -1.47. The van der Waals surface area contributed by atoms with E-state index < -0.39 is 37.3 Å². The maximum atomic E-state index is 9.80. The highest BCUT2D eigenvalue weighted by atomic mass is 16.7. The fraction of sp³-hybridized carbons (Fsp3) is 0.538. The summed E-state index contributed by atoms with van der Waals surface area (Å²) in [4.78, 5) is 0. The summed E-state index contributed by atoms with van der Waals surface area (Å²) in [5.74, 6) is 0.367. The summed E-state index contributed by atoms with van der Waals surface area (Å²) in [5, 5.41) is 47.0. The fourth-order valence-corrected chi connectivity index (χ4v) is 1.97. The van der Waals surface area contributed by atoms with Gasteiger partial charge >= 0.3 is 0 Å². The molecule has 8 nitrogen and oxygen atoms in total. The van der Waals surface area contributed by atoms with Gasteiger partial charge in [0.25, 0.3) is 0 Å². The zero-order valence-corrected chi connectivity index (χ0v) is 11.2. The van der Waals surface area contributed by atoms with E-state index in [4.69, 9.17) is 19.7 Å². The first kappa shape index (κ1) is 17.8. The van der Waals surface area contributed by atoms with Crippen molar-refractivity contribution >= 4 is 0 Å². The Morgan fingerprint density at radius 2 is 1.57 bits per heavy atom. The monoisotopic (exact) mass is 304 g/mol. The Bertz CT molecular complexity index is 421. The van der Waals surface area contributed by atoms with Crippen molar-refractivity contribution in [3.8, 4) is 5.75 Å². The van der Waals surface area contributed by atoms with Crippen LogP contribution >= 0.6 is 0 Å². The van der Waals surface area contributed by atoms with E-state index in [0.717, 1.165) is 0 Å². The van der Waals surface area contributed by atoms with Crippen molar-refractivity contribution in [3.05, 3.63) is 29.8 Å². The van der Waals surface area contributed by atoms with Gasteiger partial charge in [-0.1, -0.05) is 12.1 Å². The van der Waals surface area contributed by atoms with Crippen LogP contribution in [0.4, 0.5) is 0 Å². The summed E-state index contributed by atoms with van der Waals surface area (Å²) in [6.45, 7) is -0.603. The van der Waals surface area contributed by atoms with E-state index >= 15 is 0 Å². The standard InChI is InChI=1S/C13H18O7.H2O/c14-5-7-1-3-8(4-2-7)19-13-12(18)11(17)10(16)9(6-15)20-13;/h1-4,9-18H,5-6H2;1H2/t9-,10-,11+,12-,13+;/m1./s1. The molecule has 0 spiro atoms. The molecule has 0 amide bonds. The molecule has 1 aliphatic rings. The molecule has 1 saturated heterocycles. The lowest BCUT2D eigenvalue weighted by Crippen LogP contribution is -2.60. The van der Waals surface area contributed by atoms with Crippen molar-refractivity contribution in [3.63, 3.8) is 0 Å². The third-order valence-electron chi connectivity index (χ3n) is 3.21. The van der Waals surface area contributed by atoms with Crippen molar-refractivity contribution in [1.29, 1.82) is 0 Å². The largest absolute Gasteiger partial charge is 0.462 e. The molecule has 0 aliphatic carbocycles. The molecular weight excluding hydrogens is 284 g/mol. The first-order valence-corrected chi connectivity index (χ1v) is 6.23. The topological polar surface area (TPSA) is 151 Å². The van der Waals surface area contributed by atoms with E-state index in [1.807, 2.05) is 0 Å². The number of aliphatic hydroxyl groups excluding tert-OH is 5. The zero-order valence-electron chi connectivity index (χ0n) is 11.2. The van der Waals surface area contributed by atoms with Gasteiger partial charge in [0.1, 0.15) is 30.2 Å². The SMILES string of the molecule is O.OCc1ccc(O[C@H]2O[C@H](CO)[C@@H](O)[C@H](O)[C@H]2O)cc1. The second kappa shape index (κ2) is 7.66. The van der Waals surface area contributed by atoms with Crippen molar-refractivity contribution in [2.24, 2.45) is 0 Å². The molecule has 120 valence electrons. The van der Waals surface area contributed by atoms with Gasteiger partial charge in [0.15, 0.2) is 0 Å². The van der Waals surface area contributed by atoms with Crippen LogP contribution in [-0.4, -0.2) is 68.3 Å². The summed E-state index contributed by atoms with van der Waals surface area (Å²) >= 11 is 0. The van der Waals surface area contributed by atoms with E-state index in [1.54, 1.807) is 24.3 Å². The van der Waals surface area contributed by atoms with Crippen LogP contribution in [0.3, 0.4) is 0 Å². The van der Waals surface area contributed by atoms with Gasteiger partial charge in [0.2, 0.25) is 6.29 Å². The smallest absolute Gasteiger partial charge is 0.229 e. The molecule has 2 rings (SSSR count). The second-order valence-corrected chi connectivity index (χ2v) is 4.62. The Morgan fingerprint density at radius 1 is 0.952 bits per heavy atom. The lowest BCUT2D eigenvalue weighted by molar-refractivity contribution is -0.277. The quantitative estimate of drug-likeness (QED) is 0.413. The molecule has 21 heavy (non-hydrogen) atoms. The van der Waals surface area contributed by atoms with Gasteiger partial charge in [0.05, 0.1) is 13.2 Å². The van der Waals surface area contributed by atoms with Crippen LogP contribution in [0, 0.1) is 0 Å². The third kappa shape index (κ3) is 3.89. The number of aliphatic hydroxyl groups is 5. The minimum absolute atomic E-state index is 0. The van der Waals surface area contributed by atoms with Crippen molar-refractivity contribution in [2.75, 3.05) is 6.61 Å². The van der Waals surface area contributed by atoms with Crippen LogP contribution in [0.2, 0.25) is 0 Å². The predicted molar refractivity (Wildman–Crippen MR) is 70.4 cm³/mol. The van der Waals surface area contributed by atoms with Crippen LogP contribution in [-0.2, 0) is 11.3 Å². The Morgan fingerprint density at radius 3 is 2.10 bits per heavy atom. The summed E-state index contributed by atoms with van der Waals surface area (Å²) in [7, 11) is 0. The number of hydrogen-bond acceptors (Lipinski definition) is 7. The van der Waals surface area contributed by atoms with Crippen LogP contribution in [0.1, 0.15) is 5.56 Å². The highest BCUT2D eigenvalue weighted by Crippen LogP contribution is 2.24. The van der Waals surface area contributed by atoms with Gasteiger partial charge in [0, 0.05) is 0 Å². The van der Waals surface area contributed by atoms with Crippen molar-refractivity contribution in [2.45, 2.75) is 37.3 Å². The molecule has 1 aromatic carbocycles. The van der Waals surface area contributed by atoms with E-state index in [2.05, 4.69) is 0 Å². The molecule has 0 unspecified atom stereocenters. The molecule has 1 aliphatic heterocycles. The molecule has 8 heteroatoms. The van der Waals surface area contributed by atoms with E-state index in [0.29, 0.717) is 11.3 Å². The molecule has 0 radical (unpaired) electrons. The van der Waals surface area contributed by atoms with E-state index in [-0.39, 0.29) is 12.1 Å². The molecule has 1 fully saturated rings. The summed E-state index contributed by atoms with van der Waals surface area (Å²) in [5.41, 5.74) is 0.700. The number of hydrogen-bond donors (Lipinski definition) is 5. The average molecular weight is 304 g/mol. The molecule has 7 N–H and O–H groups in total. The summed E-state index contributed by atoms with van der Waals surface area (Å²) in [6, 6.07) is 6.43. The lowest BCUT2D eigenvalue weighted by atomic mass is 9.99. The maximum Gasteiger partial charge on any atom is 0.229 e. The molecule has 5 atom stereocenters. The zero-order chi connectivity index (χ0) is 14.7. The van der Waals surface area contributed by atoms with Gasteiger partial charge in [-0.3, -0.25) is 0 Å². The van der Waals surface area contributed by atoms with Gasteiger partial charge in [-0.25, -0.2) is 0 Å². The van der Waals surface area contributed by atoms with Crippen LogP contribution in [0.5, 0.6) is 5.75 Å².